The Bertz CT molecular complexity index is 1250. The van der Waals surface area contributed by atoms with Crippen LogP contribution in [-0.4, -0.2) is 142 Å². The normalized spacial score (nSPS) is 26.3. The Kier molecular flexibility index (Phi) is 37.4. The van der Waals surface area contributed by atoms with E-state index in [1.807, 2.05) is 0 Å². The van der Waals surface area contributed by atoms with Crippen LogP contribution in [0.15, 0.2) is 36.5 Å². The minimum atomic E-state index is -1.71. The summed E-state index contributed by atoms with van der Waals surface area (Å²) in [6.45, 7) is 3.65. The summed E-state index contributed by atoms with van der Waals surface area (Å²) < 4.78 is 34.3. The lowest BCUT2D eigenvalue weighted by atomic mass is 9.98. The van der Waals surface area contributed by atoms with Gasteiger partial charge in [-0.3, -0.25) is 4.79 Å². The second-order valence-electron chi connectivity index (χ2n) is 18.7. The highest BCUT2D eigenvalue weighted by Gasteiger charge is 2.47. The van der Waals surface area contributed by atoms with Crippen LogP contribution >= 0.6 is 0 Å². The number of carbonyl (C=O) groups excluding carboxylic acids is 1. The first-order valence-corrected chi connectivity index (χ1v) is 26.6. The van der Waals surface area contributed by atoms with Crippen LogP contribution < -0.4 is 0 Å². The molecule has 67 heavy (non-hydrogen) atoms. The van der Waals surface area contributed by atoms with Gasteiger partial charge in [0.15, 0.2) is 12.6 Å². The number of rotatable bonds is 42. The maximum Gasteiger partial charge on any atom is 0.306 e. The smallest absolute Gasteiger partial charge is 0.306 e. The largest absolute Gasteiger partial charge is 0.457 e. The van der Waals surface area contributed by atoms with Crippen LogP contribution in [0.25, 0.3) is 0 Å². The third kappa shape index (κ3) is 28.6. The zero-order valence-corrected chi connectivity index (χ0v) is 41.6. The molecular weight excluding hydrogens is 861 g/mol. The monoisotopic (exact) mass is 957 g/mol. The second-order valence-corrected chi connectivity index (χ2v) is 18.7. The fraction of sp³-hybridized carbons (Fsp3) is 0.868. The van der Waals surface area contributed by atoms with E-state index in [1.165, 1.54) is 109 Å². The van der Waals surface area contributed by atoms with Crippen LogP contribution in [0.3, 0.4) is 0 Å². The van der Waals surface area contributed by atoms with E-state index in [-0.39, 0.29) is 25.6 Å². The number of ether oxygens (including phenoxy) is 6. The van der Waals surface area contributed by atoms with Gasteiger partial charge in [0.05, 0.1) is 26.4 Å². The quantitative estimate of drug-likeness (QED) is 0.0175. The number of unbranched alkanes of at least 4 members (excludes halogenated alkanes) is 22. The van der Waals surface area contributed by atoms with Crippen molar-refractivity contribution in [3.05, 3.63) is 36.5 Å². The summed E-state index contributed by atoms with van der Waals surface area (Å²) in [5, 5.41) is 72.2. The Morgan fingerprint density at radius 1 is 0.493 bits per heavy atom. The first-order chi connectivity index (χ1) is 32.6. The average molecular weight is 957 g/mol. The van der Waals surface area contributed by atoms with E-state index in [9.17, 15) is 40.5 Å². The molecule has 0 aromatic heterocycles. The summed E-state index contributed by atoms with van der Waals surface area (Å²) in [5.41, 5.74) is 0. The van der Waals surface area contributed by atoms with Crippen LogP contribution in [0.4, 0.5) is 0 Å². The average Bonchev–Trinajstić information content (AvgIpc) is 3.32. The standard InChI is InChI=1S/C53H96O14/c1-3-5-7-9-11-13-15-17-19-20-21-22-24-26-28-30-32-34-36-45(55)65-42(39-62-37-35-33-31-29-27-25-23-18-16-14-12-10-8-6-4-2)40-63-52-51(61)49(59)47(57)44(67-52)41-64-53-50(60)48(58)46(56)43(38-54)66-53/h13,15-16,18-20,42-44,46-54,56-61H,3-12,14,17,21-41H2,1-2H3/b15-13-,18-16-,20-19-. The summed E-state index contributed by atoms with van der Waals surface area (Å²) >= 11 is 0. The lowest BCUT2D eigenvalue weighted by molar-refractivity contribution is -0.332. The van der Waals surface area contributed by atoms with Crippen molar-refractivity contribution in [1.29, 1.82) is 0 Å². The minimum absolute atomic E-state index is 0.0549. The van der Waals surface area contributed by atoms with Crippen LogP contribution in [0.5, 0.6) is 0 Å². The molecule has 0 bridgehead atoms. The molecule has 2 heterocycles. The van der Waals surface area contributed by atoms with Crippen molar-refractivity contribution in [2.75, 3.05) is 33.0 Å². The zero-order valence-electron chi connectivity index (χ0n) is 41.6. The van der Waals surface area contributed by atoms with Gasteiger partial charge in [-0.15, -0.1) is 0 Å². The highest BCUT2D eigenvalue weighted by molar-refractivity contribution is 5.69. The molecule has 0 aliphatic carbocycles. The Labute approximate surface area is 404 Å². The maximum atomic E-state index is 13.0. The molecule has 14 heteroatoms. The molecule has 0 radical (unpaired) electrons. The van der Waals surface area contributed by atoms with Gasteiger partial charge in [-0.25, -0.2) is 0 Å². The molecule has 0 amide bonds. The van der Waals surface area contributed by atoms with Crippen LogP contribution in [0, 0.1) is 0 Å². The summed E-state index contributed by atoms with van der Waals surface area (Å²) in [6.07, 6.45) is 29.1. The van der Waals surface area contributed by atoms with Crippen molar-refractivity contribution >= 4 is 5.97 Å². The third-order valence-electron chi connectivity index (χ3n) is 12.6. The van der Waals surface area contributed by atoms with Crippen molar-refractivity contribution in [2.24, 2.45) is 0 Å². The van der Waals surface area contributed by atoms with Crippen molar-refractivity contribution < 1.29 is 69.0 Å². The second kappa shape index (κ2) is 40.9. The summed E-state index contributed by atoms with van der Waals surface area (Å²) in [5.74, 6) is -0.386. The number of aliphatic hydroxyl groups excluding tert-OH is 7. The Morgan fingerprint density at radius 3 is 1.46 bits per heavy atom. The van der Waals surface area contributed by atoms with Gasteiger partial charge in [0.1, 0.15) is 54.9 Å². The van der Waals surface area contributed by atoms with Crippen molar-refractivity contribution in [3.8, 4) is 0 Å². The Balaban J connectivity index is 1.76. The highest BCUT2D eigenvalue weighted by Crippen LogP contribution is 2.26. The predicted molar refractivity (Wildman–Crippen MR) is 261 cm³/mol. The molecule has 14 nitrogen and oxygen atoms in total. The van der Waals surface area contributed by atoms with Gasteiger partial charge in [-0.2, -0.15) is 0 Å². The van der Waals surface area contributed by atoms with Crippen LogP contribution in [0.1, 0.15) is 194 Å². The number of hydrogen-bond donors (Lipinski definition) is 7. The Hall–Kier alpha value is -1.79. The number of aliphatic hydroxyl groups is 7. The van der Waals surface area contributed by atoms with Gasteiger partial charge in [-0.1, -0.05) is 153 Å². The van der Waals surface area contributed by atoms with Crippen molar-refractivity contribution in [3.63, 3.8) is 0 Å². The molecular formula is C53H96O14. The lowest BCUT2D eigenvalue weighted by Gasteiger charge is -2.42. The molecule has 7 N–H and O–H groups in total. The molecule has 11 atom stereocenters. The topological polar surface area (TPSA) is 214 Å². The van der Waals surface area contributed by atoms with Gasteiger partial charge in [-0.05, 0) is 70.6 Å². The molecule has 2 aliphatic heterocycles. The van der Waals surface area contributed by atoms with Crippen molar-refractivity contribution in [1.82, 2.24) is 0 Å². The summed E-state index contributed by atoms with van der Waals surface area (Å²) in [6, 6.07) is 0. The molecule has 392 valence electrons. The molecule has 0 aromatic rings. The van der Waals surface area contributed by atoms with Crippen molar-refractivity contribution in [2.45, 2.75) is 261 Å². The number of hydrogen-bond acceptors (Lipinski definition) is 14. The van der Waals surface area contributed by atoms with Crippen LogP contribution in [-0.2, 0) is 33.2 Å². The maximum absolute atomic E-state index is 13.0. The van der Waals surface area contributed by atoms with Gasteiger partial charge in [0.25, 0.3) is 0 Å². The first-order valence-electron chi connectivity index (χ1n) is 26.6. The number of carbonyl (C=O) groups is 1. The van der Waals surface area contributed by atoms with E-state index >= 15 is 0 Å². The van der Waals surface area contributed by atoms with E-state index in [1.54, 1.807) is 0 Å². The summed E-state index contributed by atoms with van der Waals surface area (Å²) in [4.78, 5) is 13.0. The predicted octanol–water partition coefficient (Wildman–Crippen LogP) is 8.19. The molecule has 2 fully saturated rings. The molecule has 2 saturated heterocycles. The van der Waals surface area contributed by atoms with Crippen LogP contribution in [0.2, 0.25) is 0 Å². The molecule has 2 aliphatic rings. The van der Waals surface area contributed by atoms with E-state index in [2.05, 4.69) is 50.3 Å². The minimum Gasteiger partial charge on any atom is -0.457 e. The molecule has 2 rings (SSSR count). The van der Waals surface area contributed by atoms with E-state index in [0.717, 1.165) is 57.8 Å². The van der Waals surface area contributed by atoms with E-state index in [0.29, 0.717) is 13.0 Å². The summed E-state index contributed by atoms with van der Waals surface area (Å²) in [7, 11) is 0. The van der Waals surface area contributed by atoms with E-state index in [4.69, 9.17) is 28.4 Å². The molecule has 11 unspecified atom stereocenters. The zero-order chi connectivity index (χ0) is 48.7. The highest BCUT2D eigenvalue weighted by atomic mass is 16.7. The van der Waals surface area contributed by atoms with Gasteiger partial charge < -0.3 is 64.2 Å². The number of esters is 1. The molecule has 0 saturated carbocycles. The lowest BCUT2D eigenvalue weighted by Crippen LogP contribution is -2.61. The van der Waals surface area contributed by atoms with Gasteiger partial charge in [0, 0.05) is 13.0 Å². The van der Waals surface area contributed by atoms with Gasteiger partial charge in [0.2, 0.25) is 0 Å². The van der Waals surface area contributed by atoms with Gasteiger partial charge >= 0.3 is 5.97 Å². The fourth-order valence-electron chi connectivity index (χ4n) is 8.25. The Morgan fingerprint density at radius 2 is 0.925 bits per heavy atom. The molecule has 0 aromatic carbocycles. The fourth-order valence-corrected chi connectivity index (χ4v) is 8.25. The molecule has 0 spiro atoms. The van der Waals surface area contributed by atoms with E-state index < -0.39 is 80.7 Å². The first kappa shape index (κ1) is 61.3. The SMILES string of the molecule is CCCCCC/C=C\C/C=C\CCCCCCCCCC(=O)OC(COCCCCCCCC/C=C\CCCCCCC)COC1OC(COC2OC(CO)C(O)C(O)C2O)C(O)C(O)C1O. The third-order valence-corrected chi connectivity index (χ3v) is 12.6. The number of allylic oxidation sites excluding steroid dienone is 6.